The quantitative estimate of drug-likeness (QED) is 0.726. The Morgan fingerprint density at radius 1 is 1.36 bits per heavy atom. The predicted octanol–water partition coefficient (Wildman–Crippen LogP) is 3.53. The Labute approximate surface area is 140 Å². The van der Waals surface area contributed by atoms with Crippen LogP contribution in [-0.2, 0) is 18.3 Å². The Morgan fingerprint density at radius 3 is 2.91 bits per heavy atom. The summed E-state index contributed by atoms with van der Waals surface area (Å²) in [5.74, 6) is -0.200. The molecule has 0 unspecified atom stereocenters. The first-order chi connectivity index (χ1) is 10.6. The maximum absolute atomic E-state index is 12.0. The van der Waals surface area contributed by atoms with Crippen molar-refractivity contribution in [3.05, 3.63) is 56.7 Å². The number of halogens is 1. The van der Waals surface area contributed by atoms with Crippen molar-refractivity contribution in [2.75, 3.05) is 0 Å². The van der Waals surface area contributed by atoms with Gasteiger partial charge in [-0.25, -0.2) is 4.98 Å². The number of amides is 1. The molecular formula is C15H12ClN3OS2. The molecule has 1 aromatic carbocycles. The second-order valence-corrected chi connectivity index (χ2v) is 6.74. The molecule has 0 aliphatic heterocycles. The summed E-state index contributed by atoms with van der Waals surface area (Å²) in [5, 5.41) is 5.24. The maximum atomic E-state index is 12.0. The fourth-order valence-corrected chi connectivity index (χ4v) is 3.77. The SMILES string of the molecule is Cn1ccsc1=NC(=O)Cc1csc(-c2ccccc2Cl)n1. The lowest BCUT2D eigenvalue weighted by Gasteiger charge is -1.98. The highest BCUT2D eigenvalue weighted by Crippen LogP contribution is 2.30. The summed E-state index contributed by atoms with van der Waals surface area (Å²) in [7, 11) is 1.86. The largest absolute Gasteiger partial charge is 0.327 e. The number of benzene rings is 1. The van der Waals surface area contributed by atoms with Crippen LogP contribution in [0.5, 0.6) is 0 Å². The van der Waals surface area contributed by atoms with Crippen molar-refractivity contribution in [3.8, 4) is 10.6 Å². The third-order valence-corrected chi connectivity index (χ3v) is 5.07. The average Bonchev–Trinajstić information content (AvgIpc) is 3.10. The minimum atomic E-state index is -0.200. The van der Waals surface area contributed by atoms with Gasteiger partial charge in [-0.15, -0.1) is 22.7 Å². The fourth-order valence-electron chi connectivity index (χ4n) is 1.88. The van der Waals surface area contributed by atoms with Gasteiger partial charge in [0.05, 0.1) is 17.1 Å². The highest BCUT2D eigenvalue weighted by atomic mass is 35.5. The highest BCUT2D eigenvalue weighted by molar-refractivity contribution is 7.13. The number of rotatable bonds is 3. The zero-order valence-electron chi connectivity index (χ0n) is 11.7. The molecule has 0 atom stereocenters. The fraction of sp³-hybridized carbons (Fsp3) is 0.133. The summed E-state index contributed by atoms with van der Waals surface area (Å²) < 4.78 is 1.82. The summed E-state index contributed by atoms with van der Waals surface area (Å²) in [6.07, 6.45) is 2.06. The Bertz CT molecular complexity index is 879. The first kappa shape index (κ1) is 15.1. The predicted molar refractivity (Wildman–Crippen MR) is 90.1 cm³/mol. The van der Waals surface area contributed by atoms with Crippen LogP contribution < -0.4 is 4.80 Å². The van der Waals surface area contributed by atoms with Gasteiger partial charge >= 0.3 is 0 Å². The third kappa shape index (κ3) is 3.35. The molecule has 2 heterocycles. The molecule has 112 valence electrons. The minimum Gasteiger partial charge on any atom is -0.327 e. The van der Waals surface area contributed by atoms with Crippen molar-refractivity contribution < 1.29 is 4.79 Å². The summed E-state index contributed by atoms with van der Waals surface area (Å²) in [6, 6.07) is 7.54. The second kappa shape index (κ2) is 6.56. The van der Waals surface area contributed by atoms with Gasteiger partial charge in [0, 0.05) is 29.6 Å². The molecule has 0 spiro atoms. The second-order valence-electron chi connectivity index (χ2n) is 4.60. The third-order valence-electron chi connectivity index (χ3n) is 2.97. The van der Waals surface area contributed by atoms with Gasteiger partial charge in [0.2, 0.25) is 0 Å². The molecule has 7 heteroatoms. The van der Waals surface area contributed by atoms with Crippen LogP contribution in [0.15, 0.2) is 46.2 Å². The number of nitrogens with zero attached hydrogens (tertiary/aromatic N) is 3. The van der Waals surface area contributed by atoms with Crippen molar-refractivity contribution in [1.29, 1.82) is 0 Å². The van der Waals surface area contributed by atoms with Gasteiger partial charge in [-0.2, -0.15) is 4.99 Å². The number of hydrogen-bond acceptors (Lipinski definition) is 4. The number of thiazole rings is 2. The molecular weight excluding hydrogens is 338 g/mol. The van der Waals surface area contributed by atoms with Crippen molar-refractivity contribution in [2.24, 2.45) is 12.0 Å². The Morgan fingerprint density at radius 2 is 2.18 bits per heavy atom. The van der Waals surface area contributed by atoms with Gasteiger partial charge < -0.3 is 4.57 Å². The van der Waals surface area contributed by atoms with E-state index in [1.54, 1.807) is 0 Å². The molecule has 0 radical (unpaired) electrons. The lowest BCUT2D eigenvalue weighted by molar-refractivity contribution is -0.117. The first-order valence-electron chi connectivity index (χ1n) is 6.50. The average molecular weight is 350 g/mol. The molecule has 3 rings (SSSR count). The highest BCUT2D eigenvalue weighted by Gasteiger charge is 2.10. The van der Waals surface area contributed by atoms with Gasteiger partial charge in [-0.3, -0.25) is 4.79 Å². The van der Waals surface area contributed by atoms with E-state index in [1.807, 2.05) is 52.8 Å². The summed E-state index contributed by atoms with van der Waals surface area (Å²) in [5.41, 5.74) is 1.60. The first-order valence-corrected chi connectivity index (χ1v) is 8.64. The van der Waals surface area contributed by atoms with Gasteiger partial charge in [0.15, 0.2) is 4.80 Å². The van der Waals surface area contributed by atoms with Crippen molar-refractivity contribution in [3.63, 3.8) is 0 Å². The Balaban J connectivity index is 1.79. The molecule has 2 aromatic heterocycles. The van der Waals surface area contributed by atoms with Gasteiger partial charge in [0.25, 0.3) is 5.91 Å². The smallest absolute Gasteiger partial charge is 0.254 e. The van der Waals surface area contributed by atoms with E-state index in [-0.39, 0.29) is 12.3 Å². The summed E-state index contributed by atoms with van der Waals surface area (Å²) in [6.45, 7) is 0. The van der Waals surface area contributed by atoms with E-state index in [1.165, 1.54) is 22.7 Å². The number of aromatic nitrogens is 2. The molecule has 0 saturated carbocycles. The zero-order chi connectivity index (χ0) is 15.5. The standard InChI is InChI=1S/C15H12ClN3OS2/c1-19-6-7-21-15(19)18-13(20)8-10-9-22-14(17-10)11-4-2-3-5-12(11)16/h2-7,9H,8H2,1H3. The van der Waals surface area contributed by atoms with Crippen LogP contribution in [0.1, 0.15) is 5.69 Å². The van der Waals surface area contributed by atoms with E-state index in [9.17, 15) is 4.79 Å². The molecule has 0 N–H and O–H groups in total. The monoisotopic (exact) mass is 349 g/mol. The van der Waals surface area contributed by atoms with Crippen molar-refractivity contribution in [2.45, 2.75) is 6.42 Å². The number of aryl methyl sites for hydroxylation is 1. The van der Waals surface area contributed by atoms with E-state index >= 15 is 0 Å². The number of hydrogen-bond donors (Lipinski definition) is 0. The Hall–Kier alpha value is -1.76. The molecule has 0 aliphatic carbocycles. The lowest BCUT2D eigenvalue weighted by Crippen LogP contribution is -2.13. The normalized spacial score (nSPS) is 11.8. The molecule has 4 nitrogen and oxygen atoms in total. The molecule has 3 aromatic rings. The van der Waals surface area contributed by atoms with Crippen LogP contribution in [0.3, 0.4) is 0 Å². The number of carbonyl (C=O) groups is 1. The Kier molecular flexibility index (Phi) is 4.52. The topological polar surface area (TPSA) is 47.2 Å². The van der Waals surface area contributed by atoms with Crippen LogP contribution >= 0.6 is 34.3 Å². The van der Waals surface area contributed by atoms with E-state index in [0.29, 0.717) is 15.5 Å². The van der Waals surface area contributed by atoms with E-state index in [4.69, 9.17) is 11.6 Å². The van der Waals surface area contributed by atoms with Crippen LogP contribution in [0.25, 0.3) is 10.6 Å². The maximum Gasteiger partial charge on any atom is 0.254 e. The molecule has 0 fully saturated rings. The van der Waals surface area contributed by atoms with Crippen LogP contribution in [-0.4, -0.2) is 15.5 Å². The molecule has 1 amide bonds. The van der Waals surface area contributed by atoms with Gasteiger partial charge in [0.1, 0.15) is 5.01 Å². The summed E-state index contributed by atoms with van der Waals surface area (Å²) in [4.78, 5) is 21.3. The molecule has 0 aliphatic rings. The minimum absolute atomic E-state index is 0.193. The zero-order valence-corrected chi connectivity index (χ0v) is 14.1. The van der Waals surface area contributed by atoms with Crippen molar-refractivity contribution >= 4 is 40.2 Å². The van der Waals surface area contributed by atoms with E-state index in [2.05, 4.69) is 9.98 Å². The van der Waals surface area contributed by atoms with Gasteiger partial charge in [-0.05, 0) is 6.07 Å². The van der Waals surface area contributed by atoms with Crippen LogP contribution in [0.4, 0.5) is 0 Å². The van der Waals surface area contributed by atoms with Crippen molar-refractivity contribution in [1.82, 2.24) is 9.55 Å². The molecule has 0 saturated heterocycles. The molecule has 22 heavy (non-hydrogen) atoms. The van der Waals surface area contributed by atoms with Crippen LogP contribution in [0, 0.1) is 0 Å². The van der Waals surface area contributed by atoms with E-state index in [0.717, 1.165) is 10.6 Å². The summed E-state index contributed by atoms with van der Waals surface area (Å²) >= 11 is 9.08. The van der Waals surface area contributed by atoms with Crippen LogP contribution in [0.2, 0.25) is 5.02 Å². The lowest BCUT2D eigenvalue weighted by atomic mass is 10.2. The van der Waals surface area contributed by atoms with Gasteiger partial charge in [-0.1, -0.05) is 29.8 Å². The molecule has 0 bridgehead atoms. The number of carbonyl (C=O) groups excluding carboxylic acids is 1. The van der Waals surface area contributed by atoms with E-state index < -0.39 is 0 Å².